The number of nitrogen functional groups attached to an aromatic ring is 1. The van der Waals surface area contributed by atoms with E-state index in [0.29, 0.717) is 42.1 Å². The Morgan fingerprint density at radius 2 is 1.92 bits per heavy atom. The average Bonchev–Trinajstić information content (AvgIpc) is 2.59. The minimum Gasteiger partial charge on any atom is -0.493 e. The lowest BCUT2D eigenvalue weighted by molar-refractivity contribution is 0.211. The predicted octanol–water partition coefficient (Wildman–Crippen LogP) is 2.38. The maximum absolute atomic E-state index is 5.97. The highest BCUT2D eigenvalue weighted by atomic mass is 16.5. The van der Waals surface area contributed by atoms with Crippen LogP contribution in [-0.4, -0.2) is 35.3 Å². The molecule has 2 heterocycles. The van der Waals surface area contributed by atoms with E-state index in [1.165, 1.54) is 0 Å². The molecule has 124 valence electrons. The van der Waals surface area contributed by atoms with E-state index < -0.39 is 0 Å². The molecule has 2 N–H and O–H groups in total. The number of methoxy groups -OCH3 is 1. The predicted molar refractivity (Wildman–Crippen MR) is 90.5 cm³/mol. The highest BCUT2D eigenvalue weighted by Crippen LogP contribution is 2.33. The van der Waals surface area contributed by atoms with Gasteiger partial charge in [-0.1, -0.05) is 0 Å². The van der Waals surface area contributed by atoms with Gasteiger partial charge in [-0.05, 0) is 25.1 Å². The number of pyridine rings is 1. The first-order chi connectivity index (χ1) is 11.7. The maximum atomic E-state index is 5.97. The van der Waals surface area contributed by atoms with Gasteiger partial charge in [0.05, 0.1) is 18.8 Å². The normalized spacial score (nSPS) is 10.6. The Kier molecular flexibility index (Phi) is 4.60. The molecule has 0 saturated heterocycles. The summed E-state index contributed by atoms with van der Waals surface area (Å²) in [6.07, 6.45) is 3.34. The second-order valence-corrected chi connectivity index (χ2v) is 5.06. The smallest absolute Gasteiger partial charge is 0.162 e. The number of nitrogens with two attached hydrogens (primary N) is 1. The molecule has 0 aliphatic heterocycles. The standard InChI is InChI=1S/C17H18N4O3/c1-11-20-14-9-15(22-2)16(8-13(14)17(18)21-11)24-7-6-23-12-4-3-5-19-10-12/h3-5,8-10H,6-7H2,1-2H3,(H2,18,20,21). The van der Waals surface area contributed by atoms with Crippen LogP contribution in [0.25, 0.3) is 10.9 Å². The highest BCUT2D eigenvalue weighted by Gasteiger charge is 2.11. The van der Waals surface area contributed by atoms with Gasteiger partial charge in [0.1, 0.15) is 30.6 Å². The Balaban J connectivity index is 1.73. The third-order valence-electron chi connectivity index (χ3n) is 3.37. The molecule has 3 rings (SSSR count). The molecule has 24 heavy (non-hydrogen) atoms. The largest absolute Gasteiger partial charge is 0.493 e. The first kappa shape index (κ1) is 15.8. The number of aromatic nitrogens is 3. The van der Waals surface area contributed by atoms with E-state index in [9.17, 15) is 0 Å². The summed E-state index contributed by atoms with van der Waals surface area (Å²) in [5.41, 5.74) is 6.69. The van der Waals surface area contributed by atoms with Crippen LogP contribution in [0.5, 0.6) is 17.2 Å². The third kappa shape index (κ3) is 3.45. The summed E-state index contributed by atoms with van der Waals surface area (Å²) in [4.78, 5) is 12.5. The van der Waals surface area contributed by atoms with Crippen LogP contribution in [0.3, 0.4) is 0 Å². The molecule has 0 bridgehead atoms. The molecule has 2 aromatic heterocycles. The molecule has 7 heteroatoms. The fourth-order valence-electron chi connectivity index (χ4n) is 2.30. The molecule has 0 fully saturated rings. The lowest BCUT2D eigenvalue weighted by Gasteiger charge is -2.13. The first-order valence-corrected chi connectivity index (χ1v) is 7.45. The summed E-state index contributed by atoms with van der Waals surface area (Å²) in [5.74, 6) is 2.87. The number of hydrogen-bond donors (Lipinski definition) is 1. The van der Waals surface area contributed by atoms with E-state index in [1.807, 2.05) is 12.1 Å². The maximum Gasteiger partial charge on any atom is 0.162 e. The number of hydrogen-bond acceptors (Lipinski definition) is 7. The Morgan fingerprint density at radius 3 is 2.67 bits per heavy atom. The SMILES string of the molecule is COc1cc2nc(C)nc(N)c2cc1OCCOc1cccnc1. The summed E-state index contributed by atoms with van der Waals surface area (Å²) >= 11 is 0. The lowest BCUT2D eigenvalue weighted by Crippen LogP contribution is -2.10. The fourth-order valence-corrected chi connectivity index (χ4v) is 2.30. The van der Waals surface area contributed by atoms with Crippen LogP contribution in [0.1, 0.15) is 5.82 Å². The van der Waals surface area contributed by atoms with Crippen molar-refractivity contribution in [3.05, 3.63) is 42.5 Å². The molecule has 0 spiro atoms. The van der Waals surface area contributed by atoms with Crippen molar-refractivity contribution in [2.24, 2.45) is 0 Å². The van der Waals surface area contributed by atoms with E-state index in [0.717, 1.165) is 10.9 Å². The molecule has 7 nitrogen and oxygen atoms in total. The number of rotatable bonds is 6. The Labute approximate surface area is 139 Å². The van der Waals surface area contributed by atoms with E-state index in [-0.39, 0.29) is 0 Å². The van der Waals surface area contributed by atoms with Crippen molar-refractivity contribution in [2.75, 3.05) is 26.1 Å². The second kappa shape index (κ2) is 6.99. The Bertz CT molecular complexity index is 840. The van der Waals surface area contributed by atoms with Crippen molar-refractivity contribution < 1.29 is 14.2 Å². The van der Waals surface area contributed by atoms with Crippen LogP contribution in [-0.2, 0) is 0 Å². The molecule has 3 aromatic rings. The molecular formula is C17H18N4O3. The Hall–Kier alpha value is -3.09. The fraction of sp³-hybridized carbons (Fsp3) is 0.235. The van der Waals surface area contributed by atoms with Gasteiger partial charge in [-0.3, -0.25) is 4.98 Å². The number of benzene rings is 1. The van der Waals surface area contributed by atoms with Crippen LogP contribution < -0.4 is 19.9 Å². The van der Waals surface area contributed by atoms with Gasteiger partial charge in [0.15, 0.2) is 11.5 Å². The number of anilines is 1. The average molecular weight is 326 g/mol. The van der Waals surface area contributed by atoms with Gasteiger partial charge in [-0.25, -0.2) is 9.97 Å². The van der Waals surface area contributed by atoms with Crippen LogP contribution in [0.15, 0.2) is 36.7 Å². The van der Waals surface area contributed by atoms with E-state index >= 15 is 0 Å². The number of ether oxygens (including phenoxy) is 3. The molecule has 0 unspecified atom stereocenters. The summed E-state index contributed by atoms with van der Waals surface area (Å²) in [6.45, 7) is 2.53. The second-order valence-electron chi connectivity index (χ2n) is 5.06. The van der Waals surface area contributed by atoms with Crippen LogP contribution in [0.2, 0.25) is 0 Å². The van der Waals surface area contributed by atoms with Gasteiger partial charge >= 0.3 is 0 Å². The molecule has 0 amide bonds. The Morgan fingerprint density at radius 1 is 1.08 bits per heavy atom. The van der Waals surface area contributed by atoms with E-state index in [1.54, 1.807) is 38.6 Å². The molecule has 0 aliphatic carbocycles. The van der Waals surface area contributed by atoms with Crippen LogP contribution in [0, 0.1) is 6.92 Å². The monoisotopic (exact) mass is 326 g/mol. The molecule has 0 atom stereocenters. The van der Waals surface area contributed by atoms with Crippen molar-refractivity contribution in [3.63, 3.8) is 0 Å². The summed E-state index contributed by atoms with van der Waals surface area (Å²) in [5, 5.41) is 0.726. The van der Waals surface area contributed by atoms with Crippen LogP contribution in [0.4, 0.5) is 5.82 Å². The molecule has 0 radical (unpaired) electrons. The molecular weight excluding hydrogens is 308 g/mol. The van der Waals surface area contributed by atoms with Gasteiger partial charge in [0.2, 0.25) is 0 Å². The van der Waals surface area contributed by atoms with Gasteiger partial charge < -0.3 is 19.9 Å². The minimum absolute atomic E-state index is 0.351. The molecule has 0 saturated carbocycles. The molecule has 1 aromatic carbocycles. The van der Waals surface area contributed by atoms with Crippen molar-refractivity contribution in [3.8, 4) is 17.2 Å². The summed E-state index contributed by atoms with van der Waals surface area (Å²) < 4.78 is 16.7. The van der Waals surface area contributed by atoms with E-state index in [2.05, 4.69) is 15.0 Å². The van der Waals surface area contributed by atoms with E-state index in [4.69, 9.17) is 19.9 Å². The zero-order valence-corrected chi connectivity index (χ0v) is 13.5. The minimum atomic E-state index is 0.351. The third-order valence-corrected chi connectivity index (χ3v) is 3.37. The van der Waals surface area contributed by atoms with Gasteiger partial charge in [-0.2, -0.15) is 0 Å². The zero-order chi connectivity index (χ0) is 16.9. The van der Waals surface area contributed by atoms with Gasteiger partial charge in [-0.15, -0.1) is 0 Å². The van der Waals surface area contributed by atoms with Crippen molar-refractivity contribution in [1.29, 1.82) is 0 Å². The molecule has 0 aliphatic rings. The number of fused-ring (bicyclic) bond motifs is 1. The first-order valence-electron chi connectivity index (χ1n) is 7.45. The number of aryl methyl sites for hydroxylation is 1. The van der Waals surface area contributed by atoms with Gasteiger partial charge in [0, 0.05) is 17.6 Å². The van der Waals surface area contributed by atoms with Crippen molar-refractivity contribution in [1.82, 2.24) is 15.0 Å². The zero-order valence-electron chi connectivity index (χ0n) is 13.5. The summed E-state index contributed by atoms with van der Waals surface area (Å²) in [7, 11) is 1.58. The number of nitrogens with zero attached hydrogens (tertiary/aromatic N) is 3. The van der Waals surface area contributed by atoms with Crippen molar-refractivity contribution >= 4 is 16.7 Å². The highest BCUT2D eigenvalue weighted by molar-refractivity contribution is 5.90. The lowest BCUT2D eigenvalue weighted by atomic mass is 10.2. The quantitative estimate of drug-likeness (QED) is 0.695. The van der Waals surface area contributed by atoms with Gasteiger partial charge in [0.25, 0.3) is 0 Å². The summed E-state index contributed by atoms with van der Waals surface area (Å²) in [6, 6.07) is 7.22. The van der Waals surface area contributed by atoms with Crippen LogP contribution >= 0.6 is 0 Å². The van der Waals surface area contributed by atoms with Crippen molar-refractivity contribution in [2.45, 2.75) is 6.92 Å². The topological polar surface area (TPSA) is 92.4 Å².